The fourth-order valence-electron chi connectivity index (χ4n) is 2.45. The lowest BCUT2D eigenvalue weighted by Gasteiger charge is -2.12. The van der Waals surface area contributed by atoms with Crippen molar-refractivity contribution >= 4 is 11.6 Å². The Morgan fingerprint density at radius 3 is 2.56 bits per heavy atom. The molecule has 5 heteroatoms. The first-order valence-electron chi connectivity index (χ1n) is 8.04. The summed E-state index contributed by atoms with van der Waals surface area (Å²) >= 11 is 0. The van der Waals surface area contributed by atoms with Crippen molar-refractivity contribution in [3.63, 3.8) is 0 Å². The van der Waals surface area contributed by atoms with Gasteiger partial charge in [-0.05, 0) is 54.1 Å². The third-order valence-electron chi connectivity index (χ3n) is 3.88. The van der Waals surface area contributed by atoms with Crippen LogP contribution < -0.4 is 10.2 Å². The van der Waals surface area contributed by atoms with Gasteiger partial charge >= 0.3 is 0 Å². The molecular weight excluding hydrogens is 312 g/mol. The highest BCUT2D eigenvalue weighted by molar-refractivity contribution is 5.94. The van der Waals surface area contributed by atoms with Gasteiger partial charge in [-0.2, -0.15) is 0 Å². The number of benzene rings is 1. The van der Waals surface area contributed by atoms with E-state index in [1.807, 2.05) is 67.5 Å². The van der Waals surface area contributed by atoms with Gasteiger partial charge in [0.2, 0.25) is 0 Å². The highest BCUT2D eigenvalue weighted by atomic mass is 16.1. The normalized spacial score (nSPS) is 10.3. The van der Waals surface area contributed by atoms with Crippen LogP contribution in [0.1, 0.15) is 15.9 Å². The molecule has 2 aromatic heterocycles. The zero-order chi connectivity index (χ0) is 17.6. The molecule has 126 valence electrons. The van der Waals surface area contributed by atoms with Gasteiger partial charge < -0.3 is 10.2 Å². The maximum atomic E-state index is 12.3. The molecule has 25 heavy (non-hydrogen) atoms. The Balaban J connectivity index is 1.66. The van der Waals surface area contributed by atoms with E-state index in [-0.39, 0.29) is 5.91 Å². The molecule has 3 aromatic rings. The fourth-order valence-corrected chi connectivity index (χ4v) is 2.45. The van der Waals surface area contributed by atoms with Crippen molar-refractivity contribution in [2.45, 2.75) is 6.54 Å². The molecule has 0 aliphatic carbocycles. The number of anilines is 1. The zero-order valence-corrected chi connectivity index (χ0v) is 14.3. The number of carbonyl (C=O) groups is 1. The first kappa shape index (κ1) is 16.6. The summed E-state index contributed by atoms with van der Waals surface area (Å²) in [5.41, 5.74) is 4.50. The molecule has 0 atom stereocenters. The van der Waals surface area contributed by atoms with Crippen molar-refractivity contribution in [3.8, 4) is 11.3 Å². The molecule has 1 amide bonds. The monoisotopic (exact) mass is 332 g/mol. The molecule has 1 N–H and O–H groups in total. The lowest BCUT2D eigenvalue weighted by atomic mass is 10.1. The number of amides is 1. The van der Waals surface area contributed by atoms with Gasteiger partial charge in [0.25, 0.3) is 5.91 Å². The molecule has 0 bridgehead atoms. The zero-order valence-electron chi connectivity index (χ0n) is 14.3. The molecule has 0 unspecified atom stereocenters. The van der Waals surface area contributed by atoms with E-state index in [0.717, 1.165) is 22.5 Å². The van der Waals surface area contributed by atoms with Crippen LogP contribution in [-0.2, 0) is 6.54 Å². The minimum atomic E-state index is -0.0925. The first-order chi connectivity index (χ1) is 12.1. The Morgan fingerprint density at radius 1 is 1.08 bits per heavy atom. The number of nitrogens with zero attached hydrogens (tertiary/aromatic N) is 3. The van der Waals surface area contributed by atoms with Crippen molar-refractivity contribution in [1.29, 1.82) is 0 Å². The molecule has 0 saturated carbocycles. The molecule has 1 aromatic carbocycles. The van der Waals surface area contributed by atoms with Crippen LogP contribution in [-0.4, -0.2) is 30.0 Å². The quantitative estimate of drug-likeness (QED) is 0.780. The summed E-state index contributed by atoms with van der Waals surface area (Å²) in [6, 6.07) is 15.2. The highest BCUT2D eigenvalue weighted by Crippen LogP contribution is 2.16. The van der Waals surface area contributed by atoms with Crippen molar-refractivity contribution in [3.05, 3.63) is 78.2 Å². The van der Waals surface area contributed by atoms with E-state index in [4.69, 9.17) is 0 Å². The van der Waals surface area contributed by atoms with E-state index in [1.165, 1.54) is 0 Å². The minimum Gasteiger partial charge on any atom is -0.378 e. The van der Waals surface area contributed by atoms with E-state index in [1.54, 1.807) is 18.6 Å². The number of rotatable bonds is 5. The van der Waals surface area contributed by atoms with Crippen molar-refractivity contribution < 1.29 is 4.79 Å². The highest BCUT2D eigenvalue weighted by Gasteiger charge is 2.07. The summed E-state index contributed by atoms with van der Waals surface area (Å²) in [5, 5.41) is 2.95. The largest absolute Gasteiger partial charge is 0.378 e. The smallest absolute Gasteiger partial charge is 0.251 e. The first-order valence-corrected chi connectivity index (χ1v) is 8.04. The number of hydrogen-bond acceptors (Lipinski definition) is 4. The summed E-state index contributed by atoms with van der Waals surface area (Å²) in [6.45, 7) is 0.448. The van der Waals surface area contributed by atoms with Crippen molar-refractivity contribution in [2.75, 3.05) is 19.0 Å². The van der Waals surface area contributed by atoms with Crippen molar-refractivity contribution in [1.82, 2.24) is 15.3 Å². The average Bonchev–Trinajstić information content (AvgIpc) is 2.67. The van der Waals surface area contributed by atoms with E-state index in [2.05, 4.69) is 15.3 Å². The Bertz CT molecular complexity index is 845. The molecule has 0 aliphatic heterocycles. The van der Waals surface area contributed by atoms with Gasteiger partial charge in [0.05, 0.1) is 5.69 Å². The molecule has 0 saturated heterocycles. The summed E-state index contributed by atoms with van der Waals surface area (Å²) in [5.74, 6) is -0.0925. The second-order valence-electron chi connectivity index (χ2n) is 5.92. The molecule has 2 heterocycles. The standard InChI is InChI=1S/C20H20N4O/c1-24(2)18-7-5-16(6-8-18)20(25)23-13-15-9-11-22-19(12-15)17-4-3-10-21-14-17/h3-12,14H,13H2,1-2H3,(H,23,25). The van der Waals surface area contributed by atoms with E-state index in [0.29, 0.717) is 12.1 Å². The van der Waals surface area contributed by atoms with Gasteiger partial charge in [0.1, 0.15) is 0 Å². The predicted octanol–water partition coefficient (Wildman–Crippen LogP) is 3.14. The molecule has 0 radical (unpaired) electrons. The maximum absolute atomic E-state index is 12.3. The third kappa shape index (κ3) is 4.20. The van der Waals surface area contributed by atoms with Gasteiger partial charge in [-0.25, -0.2) is 0 Å². The lowest BCUT2D eigenvalue weighted by Crippen LogP contribution is -2.22. The van der Waals surface area contributed by atoms with Gasteiger partial charge in [-0.3, -0.25) is 14.8 Å². The number of hydrogen-bond donors (Lipinski definition) is 1. The van der Waals surface area contributed by atoms with E-state index in [9.17, 15) is 4.79 Å². The van der Waals surface area contributed by atoms with Crippen LogP contribution in [0.15, 0.2) is 67.1 Å². The molecule has 0 fully saturated rings. The van der Waals surface area contributed by atoms with Crippen LogP contribution in [0.2, 0.25) is 0 Å². The number of aromatic nitrogens is 2. The fraction of sp³-hybridized carbons (Fsp3) is 0.150. The Kier molecular flexibility index (Phi) is 5.04. The van der Waals surface area contributed by atoms with Crippen LogP contribution in [0.25, 0.3) is 11.3 Å². The van der Waals surface area contributed by atoms with Crippen LogP contribution in [0.4, 0.5) is 5.69 Å². The van der Waals surface area contributed by atoms with Crippen molar-refractivity contribution in [2.24, 2.45) is 0 Å². The second-order valence-corrected chi connectivity index (χ2v) is 5.92. The molecule has 0 aliphatic rings. The van der Waals surface area contributed by atoms with Gasteiger partial charge in [-0.1, -0.05) is 0 Å². The van der Waals surface area contributed by atoms with Crippen LogP contribution in [0, 0.1) is 0 Å². The van der Waals surface area contributed by atoms with E-state index < -0.39 is 0 Å². The SMILES string of the molecule is CN(C)c1ccc(C(=O)NCc2ccnc(-c3cccnc3)c2)cc1. The Hall–Kier alpha value is -3.21. The summed E-state index contributed by atoms with van der Waals surface area (Å²) in [6.07, 6.45) is 5.25. The summed E-state index contributed by atoms with van der Waals surface area (Å²) < 4.78 is 0. The molecular formula is C20H20N4O. The number of nitrogens with one attached hydrogen (secondary N) is 1. The van der Waals surface area contributed by atoms with Crippen LogP contribution in [0.5, 0.6) is 0 Å². The van der Waals surface area contributed by atoms with Gasteiger partial charge in [-0.15, -0.1) is 0 Å². The van der Waals surface area contributed by atoms with Crippen LogP contribution in [0.3, 0.4) is 0 Å². The molecule has 5 nitrogen and oxygen atoms in total. The third-order valence-corrected chi connectivity index (χ3v) is 3.88. The van der Waals surface area contributed by atoms with Crippen LogP contribution >= 0.6 is 0 Å². The number of pyridine rings is 2. The maximum Gasteiger partial charge on any atom is 0.251 e. The summed E-state index contributed by atoms with van der Waals surface area (Å²) in [4.78, 5) is 22.8. The molecule has 3 rings (SSSR count). The average molecular weight is 332 g/mol. The van der Waals surface area contributed by atoms with E-state index >= 15 is 0 Å². The topological polar surface area (TPSA) is 58.1 Å². The lowest BCUT2D eigenvalue weighted by molar-refractivity contribution is 0.0951. The summed E-state index contributed by atoms with van der Waals surface area (Å²) in [7, 11) is 3.94. The minimum absolute atomic E-state index is 0.0925. The Morgan fingerprint density at radius 2 is 1.88 bits per heavy atom. The van der Waals surface area contributed by atoms with Gasteiger partial charge in [0.15, 0.2) is 0 Å². The second kappa shape index (κ2) is 7.57. The number of carbonyl (C=O) groups excluding carboxylic acids is 1. The predicted molar refractivity (Wildman–Crippen MR) is 99.4 cm³/mol. The van der Waals surface area contributed by atoms with Gasteiger partial charge in [0, 0.05) is 56.0 Å². The molecule has 0 spiro atoms. The Labute approximate surface area is 147 Å².